The summed E-state index contributed by atoms with van der Waals surface area (Å²) in [5.41, 5.74) is 9.37. The van der Waals surface area contributed by atoms with Gasteiger partial charge >= 0.3 is 0 Å². The predicted octanol–water partition coefficient (Wildman–Crippen LogP) is 2.56. The summed E-state index contributed by atoms with van der Waals surface area (Å²) in [5, 5.41) is 2.98. The number of rotatable bonds is 6. The minimum atomic E-state index is -0.475. The van der Waals surface area contributed by atoms with Gasteiger partial charge in [0.25, 0.3) is 0 Å². The van der Waals surface area contributed by atoms with Crippen molar-refractivity contribution in [3.63, 3.8) is 0 Å². The van der Waals surface area contributed by atoms with Gasteiger partial charge in [-0.1, -0.05) is 36.4 Å². The quantitative estimate of drug-likeness (QED) is 0.858. The summed E-state index contributed by atoms with van der Waals surface area (Å²) in [7, 11) is 0. The van der Waals surface area contributed by atoms with E-state index in [0.717, 1.165) is 24.8 Å². The number of hydrogen-bond acceptors (Lipinski definition) is 2. The van der Waals surface area contributed by atoms with Crippen LogP contribution in [0.4, 0.5) is 0 Å². The summed E-state index contributed by atoms with van der Waals surface area (Å²) < 4.78 is 0. The fourth-order valence-electron chi connectivity index (χ4n) is 3.41. The SMILES string of the molecule is NC(=O)c1cccc(CC(=O)NCCC2CCc3ccccc32)c1. The Balaban J connectivity index is 1.48. The largest absolute Gasteiger partial charge is 0.366 e. The fourth-order valence-corrected chi connectivity index (χ4v) is 3.41. The van der Waals surface area contributed by atoms with Crippen LogP contribution in [0.1, 0.15) is 45.8 Å². The molecular weight excluding hydrogens is 300 g/mol. The fraction of sp³-hybridized carbons (Fsp3) is 0.300. The van der Waals surface area contributed by atoms with E-state index in [1.165, 1.54) is 11.1 Å². The highest BCUT2D eigenvalue weighted by Gasteiger charge is 2.21. The lowest BCUT2D eigenvalue weighted by molar-refractivity contribution is -0.120. The van der Waals surface area contributed by atoms with Crippen molar-refractivity contribution >= 4 is 11.8 Å². The third-order valence-corrected chi connectivity index (χ3v) is 4.65. The Morgan fingerprint density at radius 1 is 1.12 bits per heavy atom. The summed E-state index contributed by atoms with van der Waals surface area (Å²) in [4.78, 5) is 23.3. The lowest BCUT2D eigenvalue weighted by Crippen LogP contribution is -2.27. The van der Waals surface area contributed by atoms with Gasteiger partial charge in [0.2, 0.25) is 11.8 Å². The molecule has 0 saturated carbocycles. The summed E-state index contributed by atoms with van der Waals surface area (Å²) in [5.74, 6) is 0.0414. The van der Waals surface area contributed by atoms with Crippen LogP contribution in [-0.2, 0) is 17.6 Å². The maximum Gasteiger partial charge on any atom is 0.248 e. The van der Waals surface area contributed by atoms with E-state index in [0.29, 0.717) is 18.0 Å². The van der Waals surface area contributed by atoms with E-state index >= 15 is 0 Å². The van der Waals surface area contributed by atoms with Crippen molar-refractivity contribution in [1.82, 2.24) is 5.32 Å². The first-order valence-corrected chi connectivity index (χ1v) is 8.37. The molecule has 0 aromatic heterocycles. The molecule has 124 valence electrons. The zero-order chi connectivity index (χ0) is 16.9. The van der Waals surface area contributed by atoms with Crippen LogP contribution in [0.3, 0.4) is 0 Å². The summed E-state index contributed by atoms with van der Waals surface area (Å²) in [6.45, 7) is 0.674. The number of benzene rings is 2. The van der Waals surface area contributed by atoms with Gasteiger partial charge in [0.15, 0.2) is 0 Å². The number of aryl methyl sites for hydroxylation is 1. The maximum absolute atomic E-state index is 12.1. The number of amides is 2. The van der Waals surface area contributed by atoms with Crippen molar-refractivity contribution in [3.05, 3.63) is 70.8 Å². The van der Waals surface area contributed by atoms with E-state index in [9.17, 15) is 9.59 Å². The molecule has 0 aliphatic heterocycles. The van der Waals surface area contributed by atoms with E-state index in [1.54, 1.807) is 18.2 Å². The van der Waals surface area contributed by atoms with Crippen LogP contribution < -0.4 is 11.1 Å². The molecule has 1 unspecified atom stereocenters. The van der Waals surface area contributed by atoms with Gasteiger partial charge in [0.05, 0.1) is 6.42 Å². The van der Waals surface area contributed by atoms with E-state index in [1.807, 2.05) is 6.07 Å². The number of fused-ring (bicyclic) bond motifs is 1. The van der Waals surface area contributed by atoms with E-state index < -0.39 is 5.91 Å². The minimum Gasteiger partial charge on any atom is -0.366 e. The molecule has 2 aromatic rings. The second-order valence-corrected chi connectivity index (χ2v) is 6.31. The van der Waals surface area contributed by atoms with Crippen molar-refractivity contribution in [3.8, 4) is 0 Å². The zero-order valence-corrected chi connectivity index (χ0v) is 13.6. The molecular formula is C20H22N2O2. The Morgan fingerprint density at radius 2 is 1.96 bits per heavy atom. The molecule has 4 nitrogen and oxygen atoms in total. The zero-order valence-electron chi connectivity index (χ0n) is 13.6. The second kappa shape index (κ2) is 7.30. The normalized spacial score (nSPS) is 15.8. The van der Waals surface area contributed by atoms with E-state index in [-0.39, 0.29) is 12.3 Å². The second-order valence-electron chi connectivity index (χ2n) is 6.31. The molecule has 3 rings (SSSR count). The highest BCUT2D eigenvalue weighted by molar-refractivity contribution is 5.93. The van der Waals surface area contributed by atoms with Crippen LogP contribution in [0.2, 0.25) is 0 Å². The molecule has 1 aliphatic rings. The summed E-state index contributed by atoms with van der Waals surface area (Å²) in [6.07, 6.45) is 3.52. The highest BCUT2D eigenvalue weighted by Crippen LogP contribution is 2.34. The topological polar surface area (TPSA) is 72.2 Å². The van der Waals surface area contributed by atoms with Gasteiger partial charge in [-0.25, -0.2) is 0 Å². The lowest BCUT2D eigenvalue weighted by atomic mass is 9.98. The molecule has 0 heterocycles. The Labute approximate surface area is 142 Å². The monoisotopic (exact) mass is 322 g/mol. The first kappa shape index (κ1) is 16.2. The smallest absolute Gasteiger partial charge is 0.248 e. The van der Waals surface area contributed by atoms with Crippen molar-refractivity contribution in [2.24, 2.45) is 5.73 Å². The number of nitrogens with two attached hydrogens (primary N) is 1. The van der Waals surface area contributed by atoms with Crippen LogP contribution in [-0.4, -0.2) is 18.4 Å². The van der Waals surface area contributed by atoms with Gasteiger partial charge < -0.3 is 11.1 Å². The Bertz CT molecular complexity index is 755. The van der Waals surface area contributed by atoms with Crippen molar-refractivity contribution in [1.29, 1.82) is 0 Å². The third kappa shape index (κ3) is 3.82. The first-order chi connectivity index (χ1) is 11.6. The predicted molar refractivity (Wildman–Crippen MR) is 93.8 cm³/mol. The van der Waals surface area contributed by atoms with Gasteiger partial charge in [-0.05, 0) is 54.0 Å². The number of nitrogens with one attached hydrogen (secondary N) is 1. The van der Waals surface area contributed by atoms with Crippen molar-refractivity contribution in [2.45, 2.75) is 31.6 Å². The maximum atomic E-state index is 12.1. The molecule has 3 N–H and O–H groups in total. The van der Waals surface area contributed by atoms with Crippen LogP contribution >= 0.6 is 0 Å². The van der Waals surface area contributed by atoms with Gasteiger partial charge in [-0.3, -0.25) is 9.59 Å². The summed E-state index contributed by atoms with van der Waals surface area (Å²) in [6, 6.07) is 15.5. The first-order valence-electron chi connectivity index (χ1n) is 8.37. The minimum absolute atomic E-state index is 0.0251. The molecule has 0 bridgehead atoms. The molecule has 24 heavy (non-hydrogen) atoms. The molecule has 1 atom stereocenters. The average molecular weight is 322 g/mol. The van der Waals surface area contributed by atoms with E-state index in [4.69, 9.17) is 5.73 Å². The molecule has 0 fully saturated rings. The number of primary amides is 1. The molecule has 0 saturated heterocycles. The third-order valence-electron chi connectivity index (χ3n) is 4.65. The van der Waals surface area contributed by atoms with Crippen LogP contribution in [0.15, 0.2) is 48.5 Å². The lowest BCUT2D eigenvalue weighted by Gasteiger charge is -2.12. The van der Waals surface area contributed by atoms with Gasteiger partial charge in [0, 0.05) is 12.1 Å². The number of hydrogen-bond donors (Lipinski definition) is 2. The molecule has 0 radical (unpaired) electrons. The average Bonchev–Trinajstić information content (AvgIpc) is 2.98. The number of carbonyl (C=O) groups is 2. The van der Waals surface area contributed by atoms with Gasteiger partial charge in [-0.2, -0.15) is 0 Å². The Kier molecular flexibility index (Phi) is 4.94. The Morgan fingerprint density at radius 3 is 2.79 bits per heavy atom. The molecule has 4 heteroatoms. The van der Waals surface area contributed by atoms with Crippen LogP contribution in [0.5, 0.6) is 0 Å². The van der Waals surface area contributed by atoms with E-state index in [2.05, 4.69) is 29.6 Å². The molecule has 2 aromatic carbocycles. The van der Waals surface area contributed by atoms with Crippen molar-refractivity contribution < 1.29 is 9.59 Å². The summed E-state index contributed by atoms with van der Waals surface area (Å²) >= 11 is 0. The Hall–Kier alpha value is -2.62. The molecule has 1 aliphatic carbocycles. The molecule has 0 spiro atoms. The van der Waals surface area contributed by atoms with Gasteiger partial charge in [-0.15, -0.1) is 0 Å². The van der Waals surface area contributed by atoms with Crippen molar-refractivity contribution in [2.75, 3.05) is 6.54 Å². The molecule has 2 amide bonds. The van der Waals surface area contributed by atoms with Crippen LogP contribution in [0.25, 0.3) is 0 Å². The number of carbonyl (C=O) groups excluding carboxylic acids is 2. The van der Waals surface area contributed by atoms with Crippen LogP contribution in [0, 0.1) is 0 Å². The van der Waals surface area contributed by atoms with Gasteiger partial charge in [0.1, 0.15) is 0 Å². The highest BCUT2D eigenvalue weighted by atomic mass is 16.1. The standard InChI is InChI=1S/C20H22N2O2/c21-20(24)17-6-3-4-14(12-17)13-19(23)22-11-10-16-9-8-15-5-1-2-7-18(15)16/h1-7,12,16H,8-11,13H2,(H2,21,24)(H,22,23).